The van der Waals surface area contributed by atoms with E-state index in [1.54, 1.807) is 6.07 Å². The minimum atomic E-state index is 0.149. The molecule has 0 amide bonds. The molecule has 2 aromatic carbocycles. The Labute approximate surface area is 135 Å². The number of aliphatic imine (C=N–C) groups is 1. The Morgan fingerprint density at radius 2 is 1.91 bits per heavy atom. The molecule has 0 radical (unpaired) electrons. The lowest BCUT2D eigenvalue weighted by molar-refractivity contribution is 0.473. The molecule has 0 bridgehead atoms. The first-order valence-corrected chi connectivity index (χ1v) is 7.68. The SMILES string of the molecule is CC(C)c1ccc(O)c(C(N)=Nc2ccc3c(ccn3C)c2)c1. The van der Waals surface area contributed by atoms with Gasteiger partial charge in [-0.05, 0) is 47.9 Å². The number of rotatable bonds is 3. The van der Waals surface area contributed by atoms with E-state index in [2.05, 4.69) is 23.4 Å². The normalized spacial score (nSPS) is 12.3. The molecule has 0 saturated heterocycles. The van der Waals surface area contributed by atoms with E-state index in [1.807, 2.05) is 49.6 Å². The quantitative estimate of drug-likeness (QED) is 0.566. The van der Waals surface area contributed by atoms with Crippen LogP contribution in [0.4, 0.5) is 5.69 Å². The molecule has 0 aliphatic rings. The number of aromatic nitrogens is 1. The summed E-state index contributed by atoms with van der Waals surface area (Å²) in [7, 11) is 2.01. The molecule has 0 saturated carbocycles. The average Bonchev–Trinajstić information content (AvgIpc) is 2.88. The van der Waals surface area contributed by atoms with Crippen LogP contribution in [0.5, 0.6) is 5.75 Å². The molecule has 0 fully saturated rings. The Balaban J connectivity index is 2.02. The first kappa shape index (κ1) is 15.2. The molecule has 1 aromatic heterocycles. The average molecular weight is 307 g/mol. The fourth-order valence-electron chi connectivity index (χ4n) is 2.66. The van der Waals surface area contributed by atoms with Crippen LogP contribution in [0.25, 0.3) is 10.9 Å². The van der Waals surface area contributed by atoms with Crippen LogP contribution < -0.4 is 5.73 Å². The smallest absolute Gasteiger partial charge is 0.135 e. The zero-order valence-corrected chi connectivity index (χ0v) is 13.6. The van der Waals surface area contributed by atoms with Gasteiger partial charge in [-0.1, -0.05) is 19.9 Å². The van der Waals surface area contributed by atoms with Crippen molar-refractivity contribution in [1.82, 2.24) is 4.57 Å². The molecule has 0 aliphatic heterocycles. The number of aryl methyl sites for hydroxylation is 1. The second kappa shape index (κ2) is 5.80. The zero-order valence-electron chi connectivity index (χ0n) is 13.6. The number of nitrogens with two attached hydrogens (primary N) is 1. The van der Waals surface area contributed by atoms with Gasteiger partial charge in [0.1, 0.15) is 11.6 Å². The predicted molar refractivity (Wildman–Crippen MR) is 95.5 cm³/mol. The number of benzene rings is 2. The summed E-state index contributed by atoms with van der Waals surface area (Å²) in [5.41, 5.74) is 9.74. The number of nitrogens with zero attached hydrogens (tertiary/aromatic N) is 2. The number of hydrogen-bond acceptors (Lipinski definition) is 2. The van der Waals surface area contributed by atoms with Gasteiger partial charge in [0.15, 0.2) is 0 Å². The summed E-state index contributed by atoms with van der Waals surface area (Å²) in [6, 6.07) is 13.5. The molecule has 4 nitrogen and oxygen atoms in total. The van der Waals surface area contributed by atoms with Crippen molar-refractivity contribution in [3.8, 4) is 5.75 Å². The van der Waals surface area contributed by atoms with Crippen molar-refractivity contribution in [1.29, 1.82) is 0 Å². The van der Waals surface area contributed by atoms with Gasteiger partial charge in [0.2, 0.25) is 0 Å². The van der Waals surface area contributed by atoms with Gasteiger partial charge in [0.05, 0.1) is 11.3 Å². The van der Waals surface area contributed by atoms with Crippen molar-refractivity contribution in [2.24, 2.45) is 17.8 Å². The summed E-state index contributed by atoms with van der Waals surface area (Å²) in [4.78, 5) is 4.48. The maximum absolute atomic E-state index is 10.1. The molecule has 0 atom stereocenters. The van der Waals surface area contributed by atoms with E-state index in [1.165, 1.54) is 0 Å². The van der Waals surface area contributed by atoms with Crippen LogP contribution in [0.1, 0.15) is 30.9 Å². The van der Waals surface area contributed by atoms with Crippen molar-refractivity contribution >= 4 is 22.4 Å². The lowest BCUT2D eigenvalue weighted by Crippen LogP contribution is -2.13. The predicted octanol–water partition coefficient (Wildman–Crippen LogP) is 4.04. The minimum Gasteiger partial charge on any atom is -0.507 e. The Kier molecular flexibility index (Phi) is 3.82. The van der Waals surface area contributed by atoms with Crippen LogP contribution in [-0.4, -0.2) is 15.5 Å². The van der Waals surface area contributed by atoms with Crippen molar-refractivity contribution < 1.29 is 5.11 Å². The highest BCUT2D eigenvalue weighted by Crippen LogP contribution is 2.26. The summed E-state index contributed by atoms with van der Waals surface area (Å²) < 4.78 is 2.06. The molecular formula is C19H21N3O. The van der Waals surface area contributed by atoms with E-state index >= 15 is 0 Å². The molecular weight excluding hydrogens is 286 g/mol. The summed E-state index contributed by atoms with van der Waals surface area (Å²) >= 11 is 0. The van der Waals surface area contributed by atoms with E-state index < -0.39 is 0 Å². The molecule has 0 aliphatic carbocycles. The van der Waals surface area contributed by atoms with Gasteiger partial charge in [-0.3, -0.25) is 0 Å². The fraction of sp³-hybridized carbons (Fsp3) is 0.211. The lowest BCUT2D eigenvalue weighted by Gasteiger charge is -2.10. The van der Waals surface area contributed by atoms with E-state index in [0.717, 1.165) is 22.2 Å². The number of fused-ring (bicyclic) bond motifs is 1. The third kappa shape index (κ3) is 2.93. The van der Waals surface area contributed by atoms with Gasteiger partial charge in [-0.2, -0.15) is 0 Å². The monoisotopic (exact) mass is 307 g/mol. The number of aromatic hydroxyl groups is 1. The highest BCUT2D eigenvalue weighted by atomic mass is 16.3. The van der Waals surface area contributed by atoms with Gasteiger partial charge in [0.25, 0.3) is 0 Å². The lowest BCUT2D eigenvalue weighted by atomic mass is 10.00. The van der Waals surface area contributed by atoms with E-state index in [9.17, 15) is 5.11 Å². The van der Waals surface area contributed by atoms with E-state index in [4.69, 9.17) is 5.73 Å². The molecule has 3 N–H and O–H groups in total. The molecule has 1 heterocycles. The number of hydrogen-bond donors (Lipinski definition) is 2. The number of phenolic OH excluding ortho intramolecular Hbond substituents is 1. The van der Waals surface area contributed by atoms with Gasteiger partial charge in [0, 0.05) is 24.1 Å². The summed E-state index contributed by atoms with van der Waals surface area (Å²) in [5, 5.41) is 11.2. The fourth-order valence-corrected chi connectivity index (χ4v) is 2.66. The van der Waals surface area contributed by atoms with Crippen LogP contribution in [-0.2, 0) is 7.05 Å². The summed E-state index contributed by atoms with van der Waals surface area (Å²) in [6.07, 6.45) is 2.01. The van der Waals surface area contributed by atoms with E-state index in [0.29, 0.717) is 17.3 Å². The molecule has 0 spiro atoms. The second-order valence-electron chi connectivity index (χ2n) is 6.10. The van der Waals surface area contributed by atoms with Crippen LogP contribution in [0, 0.1) is 0 Å². The standard InChI is InChI=1S/C19H21N3O/c1-12(2)13-4-7-18(23)16(11-13)19(20)21-15-5-6-17-14(10-15)8-9-22(17)3/h4-12,23H,1-3H3,(H2,20,21). The van der Waals surface area contributed by atoms with Crippen molar-refractivity contribution in [3.63, 3.8) is 0 Å². The van der Waals surface area contributed by atoms with Crippen LogP contribution in [0.2, 0.25) is 0 Å². The molecule has 3 aromatic rings. The zero-order chi connectivity index (χ0) is 16.6. The Morgan fingerprint density at radius 1 is 1.13 bits per heavy atom. The third-order valence-electron chi connectivity index (χ3n) is 4.08. The van der Waals surface area contributed by atoms with Crippen molar-refractivity contribution in [2.45, 2.75) is 19.8 Å². The Morgan fingerprint density at radius 3 is 2.65 bits per heavy atom. The van der Waals surface area contributed by atoms with Gasteiger partial charge in [-0.25, -0.2) is 4.99 Å². The van der Waals surface area contributed by atoms with Crippen molar-refractivity contribution in [3.05, 3.63) is 59.8 Å². The Bertz CT molecular complexity index is 891. The van der Waals surface area contributed by atoms with Gasteiger partial charge >= 0.3 is 0 Å². The number of phenols is 1. The van der Waals surface area contributed by atoms with Crippen LogP contribution in [0.3, 0.4) is 0 Å². The Hall–Kier alpha value is -2.75. The maximum atomic E-state index is 10.1. The van der Waals surface area contributed by atoms with Gasteiger partial charge in [-0.15, -0.1) is 0 Å². The topological polar surface area (TPSA) is 63.5 Å². The van der Waals surface area contributed by atoms with Crippen molar-refractivity contribution in [2.75, 3.05) is 0 Å². The molecule has 3 rings (SSSR count). The van der Waals surface area contributed by atoms with E-state index in [-0.39, 0.29) is 5.75 Å². The third-order valence-corrected chi connectivity index (χ3v) is 4.08. The molecule has 23 heavy (non-hydrogen) atoms. The van der Waals surface area contributed by atoms with Gasteiger partial charge < -0.3 is 15.4 Å². The molecule has 0 unspecified atom stereocenters. The highest BCUT2D eigenvalue weighted by Gasteiger charge is 2.09. The number of amidine groups is 1. The second-order valence-corrected chi connectivity index (χ2v) is 6.10. The highest BCUT2D eigenvalue weighted by molar-refractivity contribution is 6.01. The van der Waals surface area contributed by atoms with Crippen LogP contribution >= 0.6 is 0 Å². The first-order chi connectivity index (χ1) is 11.0. The first-order valence-electron chi connectivity index (χ1n) is 7.68. The molecule has 118 valence electrons. The summed E-state index contributed by atoms with van der Waals surface area (Å²) in [5.74, 6) is 0.833. The maximum Gasteiger partial charge on any atom is 0.135 e. The van der Waals surface area contributed by atoms with Crippen LogP contribution in [0.15, 0.2) is 53.7 Å². The summed E-state index contributed by atoms with van der Waals surface area (Å²) in [6.45, 7) is 4.21. The largest absolute Gasteiger partial charge is 0.507 e. The molecule has 4 heteroatoms. The minimum absolute atomic E-state index is 0.149.